The molecule has 0 fully saturated rings. The van der Waals surface area contributed by atoms with Gasteiger partial charge < -0.3 is 9.47 Å². The fourth-order valence-electron chi connectivity index (χ4n) is 3.39. The zero-order valence-electron chi connectivity index (χ0n) is 17.0. The van der Waals surface area contributed by atoms with Crippen molar-refractivity contribution < 1.29 is 13.2 Å². The Labute approximate surface area is 184 Å². The van der Waals surface area contributed by atoms with E-state index in [2.05, 4.69) is 28.3 Å². The molecule has 0 aliphatic rings. The van der Waals surface area contributed by atoms with Crippen LogP contribution in [0.2, 0.25) is 5.02 Å². The van der Waals surface area contributed by atoms with Crippen molar-refractivity contribution in [3.05, 3.63) is 58.9 Å². The van der Waals surface area contributed by atoms with Crippen molar-refractivity contribution in [2.75, 3.05) is 19.6 Å². The largest absolute Gasteiger partial charge is 0.416 e. The first-order chi connectivity index (χ1) is 14.3. The van der Waals surface area contributed by atoms with Gasteiger partial charge in [0.05, 0.1) is 22.3 Å². The van der Waals surface area contributed by atoms with Crippen LogP contribution >= 0.6 is 23.4 Å². The Morgan fingerprint density at radius 2 is 1.77 bits per heavy atom. The highest BCUT2D eigenvalue weighted by Crippen LogP contribution is 2.32. The highest BCUT2D eigenvalue weighted by Gasteiger charge is 2.31. The zero-order valence-corrected chi connectivity index (χ0v) is 18.6. The average Bonchev–Trinajstić information content (AvgIpc) is 3.07. The molecule has 0 bridgehead atoms. The van der Waals surface area contributed by atoms with E-state index in [0.717, 1.165) is 61.0 Å². The Morgan fingerprint density at radius 3 is 2.40 bits per heavy atom. The second-order valence-corrected chi connectivity index (χ2v) is 8.49. The molecule has 162 valence electrons. The normalized spacial score (nSPS) is 12.2. The Balaban J connectivity index is 1.86. The van der Waals surface area contributed by atoms with E-state index in [1.54, 1.807) is 17.8 Å². The first kappa shape index (κ1) is 23.0. The van der Waals surface area contributed by atoms with Crippen LogP contribution < -0.4 is 0 Å². The Morgan fingerprint density at radius 1 is 1.07 bits per heavy atom. The molecule has 0 radical (unpaired) electrons. The first-order valence-electron chi connectivity index (χ1n) is 9.99. The molecule has 0 saturated carbocycles. The predicted molar refractivity (Wildman–Crippen MR) is 118 cm³/mol. The van der Waals surface area contributed by atoms with Crippen LogP contribution in [0.3, 0.4) is 0 Å². The molecule has 3 nitrogen and oxygen atoms in total. The van der Waals surface area contributed by atoms with E-state index in [0.29, 0.717) is 16.3 Å². The van der Waals surface area contributed by atoms with Crippen LogP contribution in [-0.4, -0.2) is 34.1 Å². The Bertz CT molecular complexity index is 966. The third-order valence-electron chi connectivity index (χ3n) is 5.09. The van der Waals surface area contributed by atoms with Crippen molar-refractivity contribution in [3.63, 3.8) is 0 Å². The molecule has 8 heteroatoms. The summed E-state index contributed by atoms with van der Waals surface area (Å²) in [5, 5.41) is 0.669. The maximum atomic E-state index is 13.1. The SMILES string of the molecule is CCN(CC)CCCn1c(CSc2ccc(Cl)cc2)nc2cc(C(F)(F)F)ccc21. The molecule has 0 spiro atoms. The minimum absolute atomic E-state index is 0.388. The number of halogens is 4. The van der Waals surface area contributed by atoms with Crippen LogP contribution in [0.4, 0.5) is 13.2 Å². The lowest BCUT2D eigenvalue weighted by atomic mass is 10.2. The predicted octanol–water partition coefficient (Wildman–Crippen LogP) is 6.73. The third kappa shape index (κ3) is 5.71. The number of aromatic nitrogens is 2. The molecule has 0 atom stereocenters. The topological polar surface area (TPSA) is 21.1 Å². The number of hydrogen-bond acceptors (Lipinski definition) is 3. The van der Waals surface area contributed by atoms with Crippen LogP contribution in [0.25, 0.3) is 11.0 Å². The van der Waals surface area contributed by atoms with E-state index in [4.69, 9.17) is 11.6 Å². The number of alkyl halides is 3. The van der Waals surface area contributed by atoms with E-state index in [1.165, 1.54) is 0 Å². The van der Waals surface area contributed by atoms with Crippen LogP contribution in [0.15, 0.2) is 47.4 Å². The minimum Gasteiger partial charge on any atom is -0.327 e. The molecule has 1 aromatic heterocycles. The molecule has 1 heterocycles. The van der Waals surface area contributed by atoms with E-state index in [1.807, 2.05) is 24.3 Å². The summed E-state index contributed by atoms with van der Waals surface area (Å²) in [5.41, 5.74) is 0.466. The molecular formula is C22H25ClF3N3S. The van der Waals surface area contributed by atoms with Gasteiger partial charge >= 0.3 is 6.18 Å². The van der Waals surface area contributed by atoms with E-state index in [-0.39, 0.29) is 0 Å². The Hall–Kier alpha value is -1.70. The van der Waals surface area contributed by atoms with Gasteiger partial charge in [0.1, 0.15) is 5.82 Å². The number of fused-ring (bicyclic) bond motifs is 1. The summed E-state index contributed by atoms with van der Waals surface area (Å²) < 4.78 is 41.5. The van der Waals surface area contributed by atoms with Gasteiger partial charge in [0.25, 0.3) is 0 Å². The van der Waals surface area contributed by atoms with Crippen LogP contribution in [0, 0.1) is 0 Å². The molecule has 0 unspecified atom stereocenters. The fourth-order valence-corrected chi connectivity index (χ4v) is 4.36. The van der Waals surface area contributed by atoms with E-state index >= 15 is 0 Å². The summed E-state index contributed by atoms with van der Waals surface area (Å²) in [6.45, 7) is 7.88. The van der Waals surface area contributed by atoms with Crippen molar-refractivity contribution >= 4 is 34.4 Å². The monoisotopic (exact) mass is 455 g/mol. The van der Waals surface area contributed by atoms with Gasteiger partial charge in [0.2, 0.25) is 0 Å². The smallest absolute Gasteiger partial charge is 0.327 e. The summed E-state index contributed by atoms with van der Waals surface area (Å²) in [7, 11) is 0. The van der Waals surface area contributed by atoms with Crippen LogP contribution in [0.1, 0.15) is 31.7 Å². The minimum atomic E-state index is -4.38. The molecular weight excluding hydrogens is 431 g/mol. The zero-order chi connectivity index (χ0) is 21.7. The van der Waals surface area contributed by atoms with Crippen LogP contribution in [0.5, 0.6) is 0 Å². The number of imidazole rings is 1. The number of hydrogen-bond donors (Lipinski definition) is 0. The quantitative estimate of drug-likeness (QED) is 0.334. The summed E-state index contributed by atoms with van der Waals surface area (Å²) >= 11 is 7.54. The third-order valence-corrected chi connectivity index (χ3v) is 6.35. The number of rotatable bonds is 9. The summed E-state index contributed by atoms with van der Waals surface area (Å²) in [4.78, 5) is 7.94. The first-order valence-corrected chi connectivity index (χ1v) is 11.3. The molecule has 0 saturated heterocycles. The number of benzene rings is 2. The number of nitrogens with zero attached hydrogens (tertiary/aromatic N) is 3. The van der Waals surface area contributed by atoms with Gasteiger partial charge in [-0.2, -0.15) is 13.2 Å². The van der Waals surface area contributed by atoms with Crippen molar-refractivity contribution in [1.29, 1.82) is 0 Å². The standard InChI is InChI=1S/C22H25ClF3N3S/c1-3-28(4-2)12-5-13-29-20-11-6-16(22(24,25)26)14-19(20)27-21(29)15-30-18-9-7-17(23)8-10-18/h6-11,14H,3-5,12-13,15H2,1-2H3. The van der Waals surface area contributed by atoms with Gasteiger partial charge in [-0.15, -0.1) is 11.8 Å². The molecule has 3 rings (SSSR count). The lowest BCUT2D eigenvalue weighted by Gasteiger charge is -2.18. The van der Waals surface area contributed by atoms with E-state index < -0.39 is 11.7 Å². The Kier molecular flexibility index (Phi) is 7.71. The highest BCUT2D eigenvalue weighted by molar-refractivity contribution is 7.98. The van der Waals surface area contributed by atoms with Gasteiger partial charge in [-0.3, -0.25) is 0 Å². The van der Waals surface area contributed by atoms with Gasteiger partial charge in [-0.25, -0.2) is 4.98 Å². The summed E-state index contributed by atoms with van der Waals surface area (Å²) in [6, 6.07) is 11.3. The second kappa shape index (κ2) is 10.1. The lowest BCUT2D eigenvalue weighted by Crippen LogP contribution is -2.25. The second-order valence-electron chi connectivity index (χ2n) is 7.00. The molecule has 2 aromatic carbocycles. The molecule has 3 aromatic rings. The average molecular weight is 456 g/mol. The van der Waals surface area contributed by atoms with Gasteiger partial charge in [0, 0.05) is 16.5 Å². The van der Waals surface area contributed by atoms with Crippen molar-refractivity contribution in [1.82, 2.24) is 14.5 Å². The number of aryl methyl sites for hydroxylation is 1. The summed E-state index contributed by atoms with van der Waals surface area (Å²) in [6.07, 6.45) is -3.47. The van der Waals surface area contributed by atoms with Crippen molar-refractivity contribution in [3.8, 4) is 0 Å². The fraction of sp³-hybridized carbons (Fsp3) is 0.409. The number of thioether (sulfide) groups is 1. The molecule has 0 aliphatic heterocycles. The summed E-state index contributed by atoms with van der Waals surface area (Å²) in [5.74, 6) is 1.35. The van der Waals surface area contributed by atoms with Crippen LogP contribution in [-0.2, 0) is 18.5 Å². The molecule has 30 heavy (non-hydrogen) atoms. The van der Waals surface area contributed by atoms with Crippen molar-refractivity contribution in [2.45, 2.75) is 43.6 Å². The van der Waals surface area contributed by atoms with Gasteiger partial charge in [0.15, 0.2) is 0 Å². The molecule has 0 aliphatic carbocycles. The lowest BCUT2D eigenvalue weighted by molar-refractivity contribution is -0.137. The van der Waals surface area contributed by atoms with Crippen molar-refractivity contribution in [2.24, 2.45) is 0 Å². The molecule has 0 amide bonds. The molecule has 0 N–H and O–H groups in total. The maximum absolute atomic E-state index is 13.1. The van der Waals surface area contributed by atoms with Gasteiger partial charge in [-0.05, 0) is 68.5 Å². The highest BCUT2D eigenvalue weighted by atomic mass is 35.5. The van der Waals surface area contributed by atoms with E-state index in [9.17, 15) is 13.2 Å². The maximum Gasteiger partial charge on any atom is 0.416 e. The van der Waals surface area contributed by atoms with Gasteiger partial charge in [-0.1, -0.05) is 25.4 Å².